The molecule has 1 aliphatic heterocycles. The summed E-state index contributed by atoms with van der Waals surface area (Å²) in [5.41, 5.74) is 0. The summed E-state index contributed by atoms with van der Waals surface area (Å²) in [6, 6.07) is 1.45. The highest BCUT2D eigenvalue weighted by Gasteiger charge is 2.16. The summed E-state index contributed by atoms with van der Waals surface area (Å²) in [6.07, 6.45) is 1.36. The normalized spacial score (nSPS) is 24.4. The van der Waals surface area contributed by atoms with Crippen LogP contribution in [0.15, 0.2) is 0 Å². The quantitative estimate of drug-likeness (QED) is 0.729. The summed E-state index contributed by atoms with van der Waals surface area (Å²) >= 11 is 2.08. The third-order valence-electron chi connectivity index (χ3n) is 3.07. The topological polar surface area (TPSA) is 15.3 Å². The highest BCUT2D eigenvalue weighted by atomic mass is 32.2. The van der Waals surface area contributed by atoms with Gasteiger partial charge in [-0.3, -0.25) is 4.90 Å². The van der Waals surface area contributed by atoms with Gasteiger partial charge in [0, 0.05) is 24.4 Å². The molecule has 0 amide bonds. The summed E-state index contributed by atoms with van der Waals surface area (Å²) in [4.78, 5) is 2.51. The van der Waals surface area contributed by atoms with Crippen molar-refractivity contribution in [3.05, 3.63) is 0 Å². The maximum atomic E-state index is 3.67. The molecule has 3 heteroatoms. The van der Waals surface area contributed by atoms with E-state index in [1.807, 2.05) is 0 Å². The van der Waals surface area contributed by atoms with Gasteiger partial charge in [0.2, 0.25) is 0 Å². The second-order valence-corrected chi connectivity index (χ2v) is 5.19. The van der Waals surface area contributed by atoms with Crippen LogP contribution in [0.1, 0.15) is 27.2 Å². The van der Waals surface area contributed by atoms with Crippen LogP contribution in [0.2, 0.25) is 0 Å². The molecule has 1 saturated heterocycles. The number of hydrogen-bond acceptors (Lipinski definition) is 3. The van der Waals surface area contributed by atoms with Crippen molar-refractivity contribution in [3.63, 3.8) is 0 Å². The van der Waals surface area contributed by atoms with Crippen molar-refractivity contribution in [3.8, 4) is 0 Å². The molecule has 2 atom stereocenters. The van der Waals surface area contributed by atoms with Crippen LogP contribution < -0.4 is 5.32 Å². The van der Waals surface area contributed by atoms with Gasteiger partial charge in [-0.1, -0.05) is 13.8 Å². The Morgan fingerprint density at radius 3 is 2.64 bits per heavy atom. The molecule has 0 aromatic heterocycles. The number of nitrogens with zero attached hydrogens (tertiary/aromatic N) is 1. The first-order chi connectivity index (χ1) is 6.77. The summed E-state index contributed by atoms with van der Waals surface area (Å²) in [5.74, 6) is 2.66. The van der Waals surface area contributed by atoms with Crippen LogP contribution in [0.5, 0.6) is 0 Å². The number of hydrogen-bond donors (Lipinski definition) is 1. The Morgan fingerprint density at radius 1 is 1.43 bits per heavy atom. The molecular formula is C11H24N2S. The molecule has 84 valence electrons. The van der Waals surface area contributed by atoms with E-state index in [-0.39, 0.29) is 0 Å². The van der Waals surface area contributed by atoms with E-state index in [9.17, 15) is 0 Å². The molecule has 2 unspecified atom stereocenters. The van der Waals surface area contributed by atoms with Gasteiger partial charge in [0.25, 0.3) is 0 Å². The van der Waals surface area contributed by atoms with E-state index in [0.717, 1.165) is 12.6 Å². The van der Waals surface area contributed by atoms with Gasteiger partial charge in [-0.05, 0) is 32.2 Å². The third-order valence-corrected chi connectivity index (χ3v) is 4.23. The van der Waals surface area contributed by atoms with Crippen LogP contribution in [0, 0.1) is 0 Å². The minimum absolute atomic E-state index is 0.676. The zero-order valence-electron chi connectivity index (χ0n) is 9.75. The summed E-state index contributed by atoms with van der Waals surface area (Å²) in [7, 11) is 0. The second kappa shape index (κ2) is 6.70. The molecule has 0 bridgehead atoms. The predicted octanol–water partition coefficient (Wildman–Crippen LogP) is 1.81. The maximum absolute atomic E-state index is 3.67. The van der Waals surface area contributed by atoms with E-state index in [1.165, 1.54) is 31.0 Å². The molecule has 0 aliphatic carbocycles. The number of nitrogens with one attached hydrogen (secondary N) is 1. The molecule has 0 saturated carbocycles. The molecule has 2 nitrogen and oxygen atoms in total. The average molecular weight is 216 g/mol. The van der Waals surface area contributed by atoms with Gasteiger partial charge >= 0.3 is 0 Å². The molecule has 1 heterocycles. The lowest BCUT2D eigenvalue weighted by Crippen LogP contribution is -2.43. The van der Waals surface area contributed by atoms with Crippen LogP contribution in [0.3, 0.4) is 0 Å². The van der Waals surface area contributed by atoms with Gasteiger partial charge in [0.1, 0.15) is 0 Å². The van der Waals surface area contributed by atoms with Gasteiger partial charge in [0.05, 0.1) is 0 Å². The molecule has 1 N–H and O–H groups in total. The van der Waals surface area contributed by atoms with Crippen molar-refractivity contribution < 1.29 is 0 Å². The Kier molecular flexibility index (Phi) is 5.90. The molecule has 1 aliphatic rings. The molecule has 1 fully saturated rings. The molecule has 0 aromatic rings. The fourth-order valence-electron chi connectivity index (χ4n) is 2.01. The van der Waals surface area contributed by atoms with Crippen molar-refractivity contribution in [1.29, 1.82) is 0 Å². The predicted molar refractivity (Wildman–Crippen MR) is 66.1 cm³/mol. The Morgan fingerprint density at radius 2 is 2.14 bits per heavy atom. The van der Waals surface area contributed by atoms with Gasteiger partial charge in [-0.25, -0.2) is 0 Å². The summed E-state index contributed by atoms with van der Waals surface area (Å²) < 4.78 is 0. The molecule has 0 spiro atoms. The first kappa shape index (κ1) is 12.3. The van der Waals surface area contributed by atoms with E-state index in [0.29, 0.717) is 6.04 Å². The lowest BCUT2D eigenvalue weighted by Gasteiger charge is -2.27. The molecule has 1 rings (SSSR count). The van der Waals surface area contributed by atoms with Crippen LogP contribution in [-0.2, 0) is 0 Å². The standard InChI is InChI=1S/C11H24N2S/c1-4-13(5-2)10(3)8-12-11-6-7-14-9-11/h10-12H,4-9H2,1-3H3. The Hall–Kier alpha value is 0.270. The minimum atomic E-state index is 0.676. The van der Waals surface area contributed by atoms with Gasteiger partial charge in [-0.15, -0.1) is 0 Å². The second-order valence-electron chi connectivity index (χ2n) is 4.04. The fraction of sp³-hybridized carbons (Fsp3) is 1.00. The SMILES string of the molecule is CCN(CC)C(C)CNC1CCSC1. The Balaban J connectivity index is 2.15. The number of thioether (sulfide) groups is 1. The monoisotopic (exact) mass is 216 g/mol. The number of rotatable bonds is 6. The van der Waals surface area contributed by atoms with Crippen LogP contribution in [-0.4, -0.2) is 48.1 Å². The summed E-state index contributed by atoms with van der Waals surface area (Å²) in [6.45, 7) is 10.3. The fourth-order valence-corrected chi connectivity index (χ4v) is 3.20. The zero-order valence-corrected chi connectivity index (χ0v) is 10.6. The van der Waals surface area contributed by atoms with Crippen molar-refractivity contribution in [2.75, 3.05) is 31.1 Å². The lowest BCUT2D eigenvalue weighted by atomic mass is 10.2. The molecule has 0 radical (unpaired) electrons. The number of likely N-dealkylation sites (N-methyl/N-ethyl adjacent to an activating group) is 1. The average Bonchev–Trinajstić information content (AvgIpc) is 2.69. The highest BCUT2D eigenvalue weighted by Crippen LogP contribution is 2.16. The Bertz CT molecular complexity index is 142. The lowest BCUT2D eigenvalue weighted by molar-refractivity contribution is 0.222. The van der Waals surface area contributed by atoms with Crippen LogP contribution in [0.25, 0.3) is 0 Å². The van der Waals surface area contributed by atoms with Gasteiger partial charge in [0.15, 0.2) is 0 Å². The van der Waals surface area contributed by atoms with Crippen LogP contribution in [0.4, 0.5) is 0 Å². The molecule has 0 aromatic carbocycles. The van der Waals surface area contributed by atoms with E-state index < -0.39 is 0 Å². The Labute approximate surface area is 92.8 Å². The maximum Gasteiger partial charge on any atom is 0.0192 e. The van der Waals surface area contributed by atoms with E-state index in [2.05, 4.69) is 42.7 Å². The smallest absolute Gasteiger partial charge is 0.0192 e. The molecular weight excluding hydrogens is 192 g/mol. The van der Waals surface area contributed by atoms with E-state index in [1.54, 1.807) is 0 Å². The van der Waals surface area contributed by atoms with Crippen molar-refractivity contribution in [2.45, 2.75) is 39.3 Å². The van der Waals surface area contributed by atoms with Gasteiger partial charge in [-0.2, -0.15) is 11.8 Å². The zero-order chi connectivity index (χ0) is 10.4. The minimum Gasteiger partial charge on any atom is -0.312 e. The first-order valence-corrected chi connectivity index (χ1v) is 6.98. The van der Waals surface area contributed by atoms with E-state index >= 15 is 0 Å². The van der Waals surface area contributed by atoms with E-state index in [4.69, 9.17) is 0 Å². The molecule has 14 heavy (non-hydrogen) atoms. The largest absolute Gasteiger partial charge is 0.312 e. The van der Waals surface area contributed by atoms with Crippen molar-refractivity contribution in [2.24, 2.45) is 0 Å². The van der Waals surface area contributed by atoms with Crippen LogP contribution >= 0.6 is 11.8 Å². The highest BCUT2D eigenvalue weighted by molar-refractivity contribution is 7.99. The van der Waals surface area contributed by atoms with Gasteiger partial charge < -0.3 is 5.32 Å². The van der Waals surface area contributed by atoms with Crippen molar-refractivity contribution in [1.82, 2.24) is 10.2 Å². The first-order valence-electron chi connectivity index (χ1n) is 5.83. The van der Waals surface area contributed by atoms with Crippen molar-refractivity contribution >= 4 is 11.8 Å². The third kappa shape index (κ3) is 3.79. The summed E-state index contributed by atoms with van der Waals surface area (Å²) in [5, 5.41) is 3.67.